The molecule has 0 saturated heterocycles. The maximum atomic E-state index is 8.79. The number of halogens is 1. The van der Waals surface area contributed by atoms with Gasteiger partial charge in [0.2, 0.25) is 0 Å². The van der Waals surface area contributed by atoms with Gasteiger partial charge in [-0.15, -0.1) is 0 Å². The second kappa shape index (κ2) is 40.4. The third-order valence-electron chi connectivity index (χ3n) is 9.29. The molecule has 0 saturated carbocycles. The van der Waals surface area contributed by atoms with Crippen LogP contribution in [0, 0.1) is 0 Å². The van der Waals surface area contributed by atoms with Gasteiger partial charge in [-0.3, -0.25) is 0 Å². The van der Waals surface area contributed by atoms with Crippen LogP contribution >= 0.6 is 15.9 Å². The molecular weight excluding hydrogens is 564 g/mol. The van der Waals surface area contributed by atoms with Crippen LogP contribution in [0.1, 0.15) is 238 Å². The van der Waals surface area contributed by atoms with E-state index in [1.165, 1.54) is 236 Å². The number of alkyl halides is 1. The third-order valence-corrected chi connectivity index (χ3v) is 9.85. The Morgan fingerprint density at radius 1 is 0.195 bits per heavy atom. The van der Waals surface area contributed by atoms with E-state index in [9.17, 15) is 0 Å². The van der Waals surface area contributed by atoms with Crippen LogP contribution in [0.25, 0.3) is 0 Å². The molecule has 0 aromatic rings. The molecule has 0 atom stereocenters. The molecule has 0 fully saturated rings. The van der Waals surface area contributed by atoms with Gasteiger partial charge < -0.3 is 5.11 Å². The molecule has 41 heavy (non-hydrogen) atoms. The van der Waals surface area contributed by atoms with Crippen LogP contribution in [-0.4, -0.2) is 17.0 Å². The summed E-state index contributed by atoms with van der Waals surface area (Å²) in [6, 6.07) is 0. The van der Waals surface area contributed by atoms with Crippen molar-refractivity contribution in [1.82, 2.24) is 0 Å². The van der Waals surface area contributed by atoms with Gasteiger partial charge in [-0.05, 0) is 12.8 Å². The van der Waals surface area contributed by atoms with Crippen molar-refractivity contribution in [3.8, 4) is 0 Å². The summed E-state index contributed by atoms with van der Waals surface area (Å²) >= 11 is 3.52. The fourth-order valence-corrected chi connectivity index (χ4v) is 6.79. The topological polar surface area (TPSA) is 20.2 Å². The average Bonchev–Trinajstić information content (AvgIpc) is 2.98. The van der Waals surface area contributed by atoms with Crippen molar-refractivity contribution < 1.29 is 5.11 Å². The Labute approximate surface area is 269 Å². The first-order valence-electron chi connectivity index (χ1n) is 19.6. The first-order valence-corrected chi connectivity index (χ1v) is 20.7. The molecule has 0 rings (SSSR count). The summed E-state index contributed by atoms with van der Waals surface area (Å²) in [7, 11) is 0. The molecule has 1 nitrogen and oxygen atoms in total. The summed E-state index contributed by atoms with van der Waals surface area (Å²) < 4.78 is 0. The van der Waals surface area contributed by atoms with Crippen molar-refractivity contribution >= 4 is 15.9 Å². The molecule has 2 heteroatoms. The van der Waals surface area contributed by atoms with Crippen LogP contribution in [0.5, 0.6) is 0 Å². The first-order chi connectivity index (χ1) is 20.4. The van der Waals surface area contributed by atoms with E-state index in [0.717, 1.165) is 6.42 Å². The van der Waals surface area contributed by atoms with Gasteiger partial charge in [-0.25, -0.2) is 0 Å². The van der Waals surface area contributed by atoms with Crippen molar-refractivity contribution in [2.45, 2.75) is 238 Å². The van der Waals surface area contributed by atoms with Gasteiger partial charge in [0, 0.05) is 11.9 Å². The highest BCUT2D eigenvalue weighted by Crippen LogP contribution is 2.17. The largest absolute Gasteiger partial charge is 0.396 e. The summed E-state index contributed by atoms with van der Waals surface area (Å²) in [5, 5.41) is 9.98. The van der Waals surface area contributed by atoms with E-state index in [-0.39, 0.29) is 0 Å². The molecule has 1 N–H and O–H groups in total. The van der Waals surface area contributed by atoms with Crippen LogP contribution in [0.2, 0.25) is 0 Å². The average molecular weight is 644 g/mol. The maximum Gasteiger partial charge on any atom is 0.0431 e. The minimum absolute atomic E-state index is 0.374. The van der Waals surface area contributed by atoms with Crippen LogP contribution in [0.15, 0.2) is 0 Å². The Bertz CT molecular complexity index is 388. The highest BCUT2D eigenvalue weighted by molar-refractivity contribution is 9.09. The monoisotopic (exact) mass is 643 g/mol. The molecule has 0 aromatic carbocycles. The van der Waals surface area contributed by atoms with Crippen molar-refractivity contribution in [3.63, 3.8) is 0 Å². The normalized spacial score (nSPS) is 11.6. The van der Waals surface area contributed by atoms with Gasteiger partial charge >= 0.3 is 0 Å². The second-order valence-electron chi connectivity index (χ2n) is 13.5. The minimum atomic E-state index is 0.374. The van der Waals surface area contributed by atoms with E-state index < -0.39 is 0 Å². The number of aliphatic hydroxyl groups is 1. The van der Waals surface area contributed by atoms with Crippen LogP contribution in [0.3, 0.4) is 0 Å². The molecule has 0 amide bonds. The van der Waals surface area contributed by atoms with Crippen molar-refractivity contribution in [3.05, 3.63) is 0 Å². The summed E-state index contributed by atoms with van der Waals surface area (Å²) in [6.45, 7) is 0.374. The molecule has 0 unspecified atom stereocenters. The number of aliphatic hydroxyl groups excluding tert-OH is 1. The molecule has 0 heterocycles. The van der Waals surface area contributed by atoms with Gasteiger partial charge in [0.25, 0.3) is 0 Å². The minimum Gasteiger partial charge on any atom is -0.396 e. The molecular formula is C39H79BrO. The predicted octanol–water partition coefficient (Wildman–Crippen LogP) is 14.8. The van der Waals surface area contributed by atoms with Crippen molar-refractivity contribution in [1.29, 1.82) is 0 Å². The van der Waals surface area contributed by atoms with Crippen molar-refractivity contribution in [2.24, 2.45) is 0 Å². The molecule has 0 aliphatic rings. The zero-order chi connectivity index (χ0) is 29.6. The molecule has 0 aliphatic heterocycles. The summed E-state index contributed by atoms with van der Waals surface area (Å²) in [5.74, 6) is 0. The second-order valence-corrected chi connectivity index (χ2v) is 14.3. The highest BCUT2D eigenvalue weighted by Gasteiger charge is 1.97. The van der Waals surface area contributed by atoms with E-state index in [1.807, 2.05) is 0 Å². The molecule has 0 aliphatic carbocycles. The van der Waals surface area contributed by atoms with Gasteiger partial charge in [0.1, 0.15) is 0 Å². The number of hydrogen-bond donors (Lipinski definition) is 1. The fourth-order valence-electron chi connectivity index (χ4n) is 6.39. The SMILES string of the molecule is OCCCCCCCCCCCCCCCCCCCCCCCCCCCCCCCCCCCCCCCBr. The summed E-state index contributed by atoms with van der Waals surface area (Å²) in [5.41, 5.74) is 0. The van der Waals surface area contributed by atoms with Gasteiger partial charge in [-0.2, -0.15) is 0 Å². The smallest absolute Gasteiger partial charge is 0.0431 e. The third kappa shape index (κ3) is 40.4. The van der Waals surface area contributed by atoms with Crippen molar-refractivity contribution in [2.75, 3.05) is 11.9 Å². The molecule has 0 spiro atoms. The lowest BCUT2D eigenvalue weighted by Crippen LogP contribution is -1.85. The van der Waals surface area contributed by atoms with Crippen LogP contribution in [-0.2, 0) is 0 Å². The lowest BCUT2D eigenvalue weighted by molar-refractivity contribution is 0.282. The van der Waals surface area contributed by atoms with Gasteiger partial charge in [0.15, 0.2) is 0 Å². The lowest BCUT2D eigenvalue weighted by atomic mass is 10.0. The zero-order valence-corrected chi connectivity index (χ0v) is 30.0. The summed E-state index contributed by atoms with van der Waals surface area (Å²) in [4.78, 5) is 0. The number of hydrogen-bond acceptors (Lipinski definition) is 1. The Balaban J connectivity index is 3.02. The van der Waals surface area contributed by atoms with E-state index in [0.29, 0.717) is 6.61 Å². The maximum absolute atomic E-state index is 8.79. The Kier molecular flexibility index (Phi) is 40.9. The van der Waals surface area contributed by atoms with Crippen LogP contribution < -0.4 is 0 Å². The zero-order valence-electron chi connectivity index (χ0n) is 28.4. The lowest BCUT2D eigenvalue weighted by Gasteiger charge is -2.05. The Hall–Kier alpha value is 0.440. The molecule has 0 bridgehead atoms. The van der Waals surface area contributed by atoms with Gasteiger partial charge in [0.05, 0.1) is 0 Å². The van der Waals surface area contributed by atoms with E-state index in [2.05, 4.69) is 15.9 Å². The van der Waals surface area contributed by atoms with Crippen LogP contribution in [0.4, 0.5) is 0 Å². The van der Waals surface area contributed by atoms with E-state index in [1.54, 1.807) is 0 Å². The molecule has 0 radical (unpaired) electrons. The number of rotatable bonds is 38. The predicted molar refractivity (Wildman–Crippen MR) is 192 cm³/mol. The number of unbranched alkanes of at least 4 members (excludes halogenated alkanes) is 36. The quantitative estimate of drug-likeness (QED) is 0.0524. The fraction of sp³-hybridized carbons (Fsp3) is 1.00. The van der Waals surface area contributed by atoms with Gasteiger partial charge in [-0.1, -0.05) is 241 Å². The highest BCUT2D eigenvalue weighted by atomic mass is 79.9. The van der Waals surface area contributed by atoms with E-state index in [4.69, 9.17) is 5.11 Å². The molecule has 0 aromatic heterocycles. The summed E-state index contributed by atoms with van der Waals surface area (Å²) in [6.07, 6.45) is 53.4. The Morgan fingerprint density at radius 2 is 0.317 bits per heavy atom. The standard InChI is InChI=1S/C39H79BrO/c40-38-36-34-32-30-28-26-24-22-20-18-16-14-12-10-8-6-4-2-1-3-5-7-9-11-13-15-17-19-21-23-25-27-29-31-33-35-37-39-41/h41H,1-39H2. The van der Waals surface area contributed by atoms with E-state index >= 15 is 0 Å². The Morgan fingerprint density at radius 3 is 0.439 bits per heavy atom. The molecule has 248 valence electrons. The first kappa shape index (κ1) is 41.4.